The van der Waals surface area contributed by atoms with Gasteiger partial charge in [-0.1, -0.05) is 12.1 Å². The molecule has 0 saturated heterocycles. The van der Waals surface area contributed by atoms with Crippen LogP contribution in [0, 0.1) is 0 Å². The number of benzene rings is 1. The Hall–Kier alpha value is -1.43. The third kappa shape index (κ3) is 3.36. The number of imidazole rings is 1. The fourth-order valence-electron chi connectivity index (χ4n) is 1.97. The summed E-state index contributed by atoms with van der Waals surface area (Å²) in [6.45, 7) is 1.78. The van der Waals surface area contributed by atoms with Crippen LogP contribution < -0.4 is 5.32 Å². The summed E-state index contributed by atoms with van der Waals surface area (Å²) >= 11 is 5.25. The van der Waals surface area contributed by atoms with Crippen LogP contribution in [0.2, 0.25) is 0 Å². The van der Waals surface area contributed by atoms with Crippen molar-refractivity contribution in [3.8, 4) is 5.69 Å². The Morgan fingerprint density at radius 3 is 2.60 bits per heavy atom. The molecular weight excluding hydrogens is 334 g/mol. The third-order valence-corrected chi connectivity index (χ3v) is 4.62. The normalized spacial score (nSPS) is 10.8. The van der Waals surface area contributed by atoms with E-state index >= 15 is 0 Å². The maximum absolute atomic E-state index is 4.05. The van der Waals surface area contributed by atoms with Crippen molar-refractivity contribution in [2.75, 3.05) is 0 Å². The van der Waals surface area contributed by atoms with Crippen LogP contribution in [0.25, 0.3) is 5.69 Å². The van der Waals surface area contributed by atoms with Crippen molar-refractivity contribution in [1.82, 2.24) is 14.9 Å². The van der Waals surface area contributed by atoms with Gasteiger partial charge in [0.25, 0.3) is 0 Å². The predicted octanol–water partition coefficient (Wildman–Crippen LogP) is 3.99. The van der Waals surface area contributed by atoms with Crippen LogP contribution in [0.5, 0.6) is 0 Å². The summed E-state index contributed by atoms with van der Waals surface area (Å²) in [4.78, 5) is 5.39. The molecule has 0 amide bonds. The molecule has 2 heterocycles. The second-order valence-electron chi connectivity index (χ2n) is 4.45. The number of rotatable bonds is 5. The Balaban J connectivity index is 1.56. The highest BCUT2D eigenvalue weighted by molar-refractivity contribution is 9.11. The van der Waals surface area contributed by atoms with E-state index in [9.17, 15) is 0 Å². The maximum Gasteiger partial charge on any atom is 0.0991 e. The van der Waals surface area contributed by atoms with Gasteiger partial charge in [-0.15, -0.1) is 11.3 Å². The highest BCUT2D eigenvalue weighted by atomic mass is 79.9. The SMILES string of the molecule is Brc1ccc(CNCc2ccc(-n3ccnc3)cc2)s1. The minimum absolute atomic E-state index is 0.875. The van der Waals surface area contributed by atoms with E-state index < -0.39 is 0 Å². The number of aromatic nitrogens is 2. The van der Waals surface area contributed by atoms with Gasteiger partial charge in [-0.2, -0.15) is 0 Å². The molecule has 3 nitrogen and oxygen atoms in total. The predicted molar refractivity (Wildman–Crippen MR) is 86.1 cm³/mol. The monoisotopic (exact) mass is 347 g/mol. The number of hydrogen-bond donors (Lipinski definition) is 1. The van der Waals surface area contributed by atoms with Crippen LogP contribution in [0.4, 0.5) is 0 Å². The molecule has 3 aromatic rings. The average Bonchev–Trinajstić information content (AvgIpc) is 3.11. The lowest BCUT2D eigenvalue weighted by atomic mass is 10.2. The molecule has 0 aliphatic heterocycles. The van der Waals surface area contributed by atoms with E-state index in [2.05, 4.69) is 62.6 Å². The number of halogens is 1. The summed E-state index contributed by atoms with van der Waals surface area (Å²) in [5, 5.41) is 3.46. The zero-order valence-electron chi connectivity index (χ0n) is 10.8. The fourth-order valence-corrected chi connectivity index (χ4v) is 3.43. The van der Waals surface area contributed by atoms with Crippen molar-refractivity contribution in [2.24, 2.45) is 0 Å². The summed E-state index contributed by atoms with van der Waals surface area (Å²) in [6, 6.07) is 12.7. The Morgan fingerprint density at radius 1 is 1.10 bits per heavy atom. The highest BCUT2D eigenvalue weighted by Gasteiger charge is 1.99. The van der Waals surface area contributed by atoms with Crippen molar-refractivity contribution in [2.45, 2.75) is 13.1 Å². The Bertz CT molecular complexity index is 659. The van der Waals surface area contributed by atoms with Crippen LogP contribution in [-0.4, -0.2) is 9.55 Å². The van der Waals surface area contributed by atoms with Gasteiger partial charge >= 0.3 is 0 Å². The summed E-state index contributed by atoms with van der Waals surface area (Å²) in [5.41, 5.74) is 2.41. The van der Waals surface area contributed by atoms with E-state index in [1.807, 2.05) is 17.1 Å². The van der Waals surface area contributed by atoms with E-state index in [0.29, 0.717) is 0 Å². The molecule has 20 heavy (non-hydrogen) atoms. The Kier molecular flexibility index (Phi) is 4.30. The standard InChI is InChI=1S/C15H14BrN3S/c16-15-6-5-14(20-15)10-18-9-12-1-3-13(4-2-12)19-8-7-17-11-19/h1-8,11,18H,9-10H2. The van der Waals surface area contributed by atoms with Gasteiger partial charge in [0.2, 0.25) is 0 Å². The van der Waals surface area contributed by atoms with Gasteiger partial charge < -0.3 is 9.88 Å². The van der Waals surface area contributed by atoms with E-state index in [1.54, 1.807) is 17.5 Å². The van der Waals surface area contributed by atoms with Crippen molar-refractivity contribution >= 4 is 27.3 Å². The lowest BCUT2D eigenvalue weighted by molar-refractivity contribution is 0.701. The van der Waals surface area contributed by atoms with E-state index in [-0.39, 0.29) is 0 Å². The lowest BCUT2D eigenvalue weighted by Gasteiger charge is -2.06. The molecule has 1 N–H and O–H groups in total. The molecule has 5 heteroatoms. The largest absolute Gasteiger partial charge is 0.308 e. The molecule has 0 saturated carbocycles. The first kappa shape index (κ1) is 13.5. The van der Waals surface area contributed by atoms with Crippen molar-refractivity contribution < 1.29 is 0 Å². The van der Waals surface area contributed by atoms with Crippen molar-refractivity contribution in [1.29, 1.82) is 0 Å². The van der Waals surface area contributed by atoms with Gasteiger partial charge in [0.15, 0.2) is 0 Å². The Labute approximate surface area is 130 Å². The molecule has 0 bridgehead atoms. The highest BCUT2D eigenvalue weighted by Crippen LogP contribution is 2.21. The molecule has 0 aliphatic rings. The molecule has 0 atom stereocenters. The van der Waals surface area contributed by atoms with Crippen LogP contribution >= 0.6 is 27.3 Å². The topological polar surface area (TPSA) is 29.9 Å². The summed E-state index contributed by atoms with van der Waals surface area (Å²) in [6.07, 6.45) is 5.54. The zero-order valence-corrected chi connectivity index (χ0v) is 13.2. The molecule has 0 aliphatic carbocycles. The molecule has 0 radical (unpaired) electrons. The first-order chi connectivity index (χ1) is 9.81. The van der Waals surface area contributed by atoms with Crippen LogP contribution in [-0.2, 0) is 13.1 Å². The van der Waals surface area contributed by atoms with Gasteiger partial charge in [0.1, 0.15) is 0 Å². The second-order valence-corrected chi connectivity index (χ2v) is 6.99. The molecule has 2 aromatic heterocycles. The minimum Gasteiger partial charge on any atom is -0.308 e. The van der Waals surface area contributed by atoms with Crippen molar-refractivity contribution in [3.05, 3.63) is 69.3 Å². The number of hydrogen-bond acceptors (Lipinski definition) is 3. The molecule has 3 rings (SSSR count). The van der Waals surface area contributed by atoms with Crippen molar-refractivity contribution in [3.63, 3.8) is 0 Å². The van der Waals surface area contributed by atoms with Gasteiger partial charge in [0, 0.05) is 36.0 Å². The summed E-state index contributed by atoms with van der Waals surface area (Å²) in [5.74, 6) is 0. The Morgan fingerprint density at radius 2 is 1.95 bits per heavy atom. The summed E-state index contributed by atoms with van der Waals surface area (Å²) < 4.78 is 3.18. The molecule has 1 aromatic carbocycles. The van der Waals surface area contributed by atoms with Crippen LogP contribution in [0.3, 0.4) is 0 Å². The van der Waals surface area contributed by atoms with E-state index in [4.69, 9.17) is 0 Å². The number of nitrogens with zero attached hydrogens (tertiary/aromatic N) is 2. The van der Waals surface area contributed by atoms with Gasteiger partial charge in [-0.05, 0) is 45.8 Å². The average molecular weight is 348 g/mol. The second kappa shape index (κ2) is 6.35. The minimum atomic E-state index is 0.875. The lowest BCUT2D eigenvalue weighted by Crippen LogP contribution is -2.11. The van der Waals surface area contributed by atoms with E-state index in [1.165, 1.54) is 14.2 Å². The van der Waals surface area contributed by atoms with Gasteiger partial charge in [-0.3, -0.25) is 0 Å². The fraction of sp³-hybridized carbons (Fsp3) is 0.133. The van der Waals surface area contributed by atoms with Gasteiger partial charge in [0.05, 0.1) is 10.1 Å². The first-order valence-corrected chi connectivity index (χ1v) is 7.94. The zero-order chi connectivity index (χ0) is 13.8. The van der Waals surface area contributed by atoms with E-state index in [0.717, 1.165) is 18.8 Å². The maximum atomic E-state index is 4.05. The first-order valence-electron chi connectivity index (χ1n) is 6.33. The van der Waals surface area contributed by atoms with Crippen LogP contribution in [0.1, 0.15) is 10.4 Å². The van der Waals surface area contributed by atoms with Gasteiger partial charge in [-0.25, -0.2) is 4.98 Å². The quantitative estimate of drug-likeness (QED) is 0.756. The number of nitrogens with one attached hydrogen (secondary N) is 1. The van der Waals surface area contributed by atoms with Crippen LogP contribution in [0.15, 0.2) is 58.9 Å². The molecule has 0 fully saturated rings. The smallest absolute Gasteiger partial charge is 0.0991 e. The number of thiophene rings is 1. The molecule has 102 valence electrons. The molecule has 0 unspecified atom stereocenters. The summed E-state index contributed by atoms with van der Waals surface area (Å²) in [7, 11) is 0. The molecular formula is C15H14BrN3S. The molecule has 0 spiro atoms. The third-order valence-electron chi connectivity index (χ3n) is 3.00.